The Kier molecular flexibility index (Phi) is 2.82. The average molecular weight is 146 g/mol. The normalized spacial score (nSPS) is 35.3. The van der Waals surface area contributed by atoms with E-state index in [2.05, 4.69) is 0 Å². The molecule has 1 heterocycles. The molecule has 1 fully saturated rings. The predicted molar refractivity (Wildman–Crippen MR) is 42.5 cm³/mol. The van der Waals surface area contributed by atoms with E-state index in [0.717, 1.165) is 13.1 Å². The maximum Gasteiger partial charge on any atom is 0.0173 e. The fourth-order valence-electron chi connectivity index (χ4n) is 1.13. The van der Waals surface area contributed by atoms with Gasteiger partial charge in [-0.3, -0.25) is 0 Å². The van der Waals surface area contributed by atoms with Crippen LogP contribution in [0.1, 0.15) is 12.8 Å². The van der Waals surface area contributed by atoms with E-state index in [9.17, 15) is 0 Å². The first kappa shape index (κ1) is 7.38. The van der Waals surface area contributed by atoms with E-state index in [4.69, 9.17) is 11.5 Å². The zero-order valence-electron chi connectivity index (χ0n) is 5.55. The summed E-state index contributed by atoms with van der Waals surface area (Å²) in [6.45, 7) is 1.64. The molecule has 0 aromatic rings. The van der Waals surface area contributed by atoms with Gasteiger partial charge in [0.1, 0.15) is 0 Å². The van der Waals surface area contributed by atoms with E-state index in [1.807, 2.05) is 11.8 Å². The molecule has 54 valence electrons. The molecule has 0 saturated carbocycles. The average Bonchev–Trinajstić information content (AvgIpc) is 2.34. The molecule has 1 aliphatic heterocycles. The molecule has 9 heavy (non-hydrogen) atoms. The molecule has 0 aromatic heterocycles. The van der Waals surface area contributed by atoms with E-state index in [1.54, 1.807) is 0 Å². The fraction of sp³-hybridized carbons (Fsp3) is 1.00. The van der Waals surface area contributed by atoms with Crippen molar-refractivity contribution in [2.24, 2.45) is 11.5 Å². The first-order valence-electron chi connectivity index (χ1n) is 3.42. The smallest absolute Gasteiger partial charge is 0.0173 e. The lowest BCUT2D eigenvalue weighted by Crippen LogP contribution is -2.15. The van der Waals surface area contributed by atoms with Gasteiger partial charge in [-0.2, -0.15) is 11.8 Å². The van der Waals surface area contributed by atoms with Gasteiger partial charge in [-0.05, 0) is 12.8 Å². The molecule has 0 radical (unpaired) electrons. The van der Waals surface area contributed by atoms with Crippen molar-refractivity contribution in [3.8, 4) is 0 Å². The molecule has 3 heteroatoms. The Bertz CT molecular complexity index is 77.1. The molecule has 1 saturated heterocycles. The van der Waals surface area contributed by atoms with Crippen LogP contribution in [0.2, 0.25) is 0 Å². The summed E-state index contributed by atoms with van der Waals surface area (Å²) in [6, 6.07) is 0. The van der Waals surface area contributed by atoms with Gasteiger partial charge >= 0.3 is 0 Å². The second-order valence-electron chi connectivity index (χ2n) is 2.43. The second-order valence-corrected chi connectivity index (χ2v) is 4.03. The maximum atomic E-state index is 5.49. The first-order chi connectivity index (χ1) is 4.36. The maximum absolute atomic E-state index is 5.49. The Balaban J connectivity index is 2.20. The lowest BCUT2D eigenvalue weighted by molar-refractivity contribution is 0.724. The van der Waals surface area contributed by atoms with Crippen molar-refractivity contribution in [2.75, 3.05) is 13.1 Å². The Morgan fingerprint density at radius 1 is 1.11 bits per heavy atom. The van der Waals surface area contributed by atoms with Crippen molar-refractivity contribution in [3.63, 3.8) is 0 Å². The molecule has 0 aromatic carbocycles. The van der Waals surface area contributed by atoms with Gasteiger partial charge in [0.15, 0.2) is 0 Å². The summed E-state index contributed by atoms with van der Waals surface area (Å²) in [4.78, 5) is 0. The van der Waals surface area contributed by atoms with Gasteiger partial charge in [0.2, 0.25) is 0 Å². The highest BCUT2D eigenvalue weighted by Crippen LogP contribution is 2.31. The minimum atomic E-state index is 0.693. The van der Waals surface area contributed by atoms with Gasteiger partial charge in [-0.1, -0.05) is 0 Å². The number of rotatable bonds is 2. The summed E-state index contributed by atoms with van der Waals surface area (Å²) < 4.78 is 0. The molecule has 0 bridgehead atoms. The Morgan fingerprint density at radius 2 is 1.56 bits per heavy atom. The molecule has 0 unspecified atom stereocenters. The summed E-state index contributed by atoms with van der Waals surface area (Å²) in [5.74, 6) is 0. The zero-order valence-corrected chi connectivity index (χ0v) is 6.36. The highest BCUT2D eigenvalue weighted by atomic mass is 32.2. The van der Waals surface area contributed by atoms with Crippen LogP contribution in [0.15, 0.2) is 0 Å². The third-order valence-corrected chi connectivity index (χ3v) is 3.35. The monoisotopic (exact) mass is 146 g/mol. The van der Waals surface area contributed by atoms with Gasteiger partial charge < -0.3 is 11.5 Å². The molecule has 2 atom stereocenters. The van der Waals surface area contributed by atoms with E-state index >= 15 is 0 Å². The van der Waals surface area contributed by atoms with Crippen molar-refractivity contribution >= 4 is 11.8 Å². The molecule has 0 spiro atoms. The number of hydrogen-bond donors (Lipinski definition) is 2. The highest BCUT2D eigenvalue weighted by molar-refractivity contribution is 8.00. The molecule has 4 N–H and O–H groups in total. The van der Waals surface area contributed by atoms with Gasteiger partial charge in [0.05, 0.1) is 0 Å². The van der Waals surface area contributed by atoms with Gasteiger partial charge in [-0.15, -0.1) is 0 Å². The Hall–Kier alpha value is 0.270. The Labute approximate surface area is 60.4 Å². The van der Waals surface area contributed by atoms with Gasteiger partial charge in [-0.25, -0.2) is 0 Å². The Morgan fingerprint density at radius 3 is 1.78 bits per heavy atom. The molecule has 1 rings (SSSR count). The third kappa shape index (κ3) is 1.85. The van der Waals surface area contributed by atoms with Gasteiger partial charge in [0.25, 0.3) is 0 Å². The van der Waals surface area contributed by atoms with E-state index in [0.29, 0.717) is 10.5 Å². The molecular weight excluding hydrogens is 132 g/mol. The van der Waals surface area contributed by atoms with Crippen LogP contribution in [0.4, 0.5) is 0 Å². The molecule has 2 nitrogen and oxygen atoms in total. The van der Waals surface area contributed by atoms with E-state index in [-0.39, 0.29) is 0 Å². The summed E-state index contributed by atoms with van der Waals surface area (Å²) in [5.41, 5.74) is 11.0. The molecular formula is C6H14N2S. The standard InChI is InChI=1S/C6H14N2S/c7-3-5-1-2-6(4-8)9-5/h5-6H,1-4,7-8H2/t5-,6-/m0/s1. The fourth-order valence-corrected chi connectivity index (χ4v) is 2.44. The minimum absolute atomic E-state index is 0.693. The number of thioether (sulfide) groups is 1. The van der Waals surface area contributed by atoms with Crippen LogP contribution >= 0.6 is 11.8 Å². The van der Waals surface area contributed by atoms with Crippen LogP contribution < -0.4 is 11.5 Å². The molecule has 0 amide bonds. The van der Waals surface area contributed by atoms with Crippen LogP contribution in [-0.2, 0) is 0 Å². The predicted octanol–water partition coefficient (Wildman–Crippen LogP) is 0.168. The first-order valence-corrected chi connectivity index (χ1v) is 4.36. The van der Waals surface area contributed by atoms with Crippen molar-refractivity contribution in [1.82, 2.24) is 0 Å². The lowest BCUT2D eigenvalue weighted by atomic mass is 10.2. The number of hydrogen-bond acceptors (Lipinski definition) is 3. The second kappa shape index (κ2) is 3.44. The molecule has 1 aliphatic rings. The minimum Gasteiger partial charge on any atom is -0.329 e. The van der Waals surface area contributed by atoms with Crippen molar-refractivity contribution in [2.45, 2.75) is 23.3 Å². The topological polar surface area (TPSA) is 52.0 Å². The summed E-state index contributed by atoms with van der Waals surface area (Å²) in [7, 11) is 0. The van der Waals surface area contributed by atoms with E-state index < -0.39 is 0 Å². The largest absolute Gasteiger partial charge is 0.329 e. The van der Waals surface area contributed by atoms with Crippen LogP contribution in [0.3, 0.4) is 0 Å². The SMILES string of the molecule is NC[C@@H]1CC[C@@H](CN)S1. The van der Waals surface area contributed by atoms with Crippen molar-refractivity contribution in [3.05, 3.63) is 0 Å². The van der Waals surface area contributed by atoms with E-state index in [1.165, 1.54) is 12.8 Å². The zero-order chi connectivity index (χ0) is 6.69. The van der Waals surface area contributed by atoms with Crippen LogP contribution in [-0.4, -0.2) is 23.6 Å². The van der Waals surface area contributed by atoms with Crippen molar-refractivity contribution in [1.29, 1.82) is 0 Å². The summed E-state index contributed by atoms with van der Waals surface area (Å²) in [6.07, 6.45) is 2.53. The van der Waals surface area contributed by atoms with Crippen LogP contribution in [0.25, 0.3) is 0 Å². The van der Waals surface area contributed by atoms with Gasteiger partial charge in [0, 0.05) is 23.6 Å². The third-order valence-electron chi connectivity index (χ3n) is 1.72. The summed E-state index contributed by atoms with van der Waals surface area (Å²) in [5, 5.41) is 1.39. The molecule has 0 aliphatic carbocycles. The lowest BCUT2D eigenvalue weighted by Gasteiger charge is -2.05. The highest BCUT2D eigenvalue weighted by Gasteiger charge is 2.22. The van der Waals surface area contributed by atoms with Crippen LogP contribution in [0.5, 0.6) is 0 Å². The van der Waals surface area contributed by atoms with Crippen molar-refractivity contribution < 1.29 is 0 Å². The number of nitrogens with two attached hydrogens (primary N) is 2. The van der Waals surface area contributed by atoms with Crippen LogP contribution in [0, 0.1) is 0 Å². The summed E-state index contributed by atoms with van der Waals surface area (Å²) >= 11 is 1.96. The quantitative estimate of drug-likeness (QED) is 0.584.